The van der Waals surface area contributed by atoms with Gasteiger partial charge < -0.3 is 156 Å². The minimum Gasteiger partial charge on any atom is -0.508 e. The van der Waals surface area contributed by atoms with Crippen molar-refractivity contribution in [1.82, 2.24) is 100 Å². The number of hydrogen-bond donors (Lipinski definition) is 33. The number of carbonyl (C=O) groups excluding carboxylic acids is 18. The second kappa shape index (κ2) is 60.9. The molecule has 0 radical (unpaired) electrons. The topological polar surface area (TPSA) is 851 Å². The number of hydrogen-bond acceptors (Lipinski definition) is 27. The van der Waals surface area contributed by atoms with Crippen LogP contribution in [-0.2, 0) is 117 Å². The summed E-state index contributed by atoms with van der Waals surface area (Å²) in [5, 5.41) is 90.8. The van der Waals surface area contributed by atoms with Crippen molar-refractivity contribution in [3.63, 3.8) is 0 Å². The largest absolute Gasteiger partial charge is 0.508 e. The molecule has 16 atom stereocenters. The summed E-state index contributed by atoms with van der Waals surface area (Å²) in [5.41, 5.74) is 42.1. The number of nitrogens with two attached hydrogens (primary N) is 7. The number of aromatic hydroxyl groups is 1. The van der Waals surface area contributed by atoms with E-state index in [4.69, 9.17) is 51.0 Å². The Kier molecular flexibility index (Phi) is 49.8. The number of thiol groups is 2. The zero-order valence-corrected chi connectivity index (χ0v) is 82.2. The Balaban J connectivity index is 1.30. The molecule has 0 aliphatic heterocycles. The van der Waals surface area contributed by atoms with E-state index < -0.39 is 277 Å². The third kappa shape index (κ3) is 41.0. The number of aliphatic hydroxyl groups excluding tert-OH is 1. The minimum atomic E-state index is -2.03. The number of aliphatic hydroxyl groups is 1. The third-order valence-electron chi connectivity index (χ3n) is 22.9. The lowest BCUT2D eigenvalue weighted by Gasteiger charge is -2.29. The van der Waals surface area contributed by atoms with Crippen LogP contribution in [0.3, 0.4) is 0 Å². The molecule has 38 N–H and O–H groups in total. The fourth-order valence-corrected chi connectivity index (χ4v) is 15.7. The first kappa shape index (κ1) is 119. The van der Waals surface area contributed by atoms with Gasteiger partial charge in [-0.3, -0.25) is 102 Å². The van der Waals surface area contributed by atoms with E-state index in [1.165, 1.54) is 44.3 Å². The van der Waals surface area contributed by atoms with Crippen LogP contribution in [0.2, 0.25) is 0 Å². The first-order chi connectivity index (χ1) is 68.9. The number of H-pyrrole nitrogens is 2. The molecular formula is C93H134N28O22S2. The fraction of sp³-hybridized carbons (Fsp3) is 0.473. The van der Waals surface area contributed by atoms with Gasteiger partial charge in [-0.15, -0.1) is 0 Å². The van der Waals surface area contributed by atoms with Crippen molar-refractivity contribution in [2.24, 2.45) is 40.1 Å². The van der Waals surface area contributed by atoms with Gasteiger partial charge >= 0.3 is 5.97 Å². The molecule has 0 aliphatic rings. The number of carbonyl (C=O) groups is 19. The van der Waals surface area contributed by atoms with Crippen molar-refractivity contribution in [3.05, 3.63) is 138 Å². The first-order valence-corrected chi connectivity index (χ1v) is 48.2. The number of fused-ring (bicyclic) bond motifs is 2. The standard InChI is InChI=1S/C93H134N28O22S2/c1-48(107-79(131)61(108-50(3)123)23-11-13-35-94)78(130)114-70(43-74(97)126)88(140)120-71(46-144)89(141)112-64(26-16-38-104-93(101)102)83(135)121-76(49(2)122)91(143)118-69(42-54-45-106-59-22-10-8-20-57(54)59)87(139)113-65(31-33-73(96)125)82(134)119-72(47-145)90(142)116-67(40-52-27-29-55(124)30-28-52)85(137)117-68(41-53-44-105-58-21-9-7-19-56(53)58)86(138)111-63(25-15-37-103-92(99)100)80(132)110-62(24-12-14-36-95)81(133)115-66(39-51-17-5-4-6-18-51)84(136)109-60(77(98)129)32-34-75(127)128/h4-10,17-22,27-30,44-45,48-49,60-72,76,105-106,122,124,144-145H,11-16,23-26,31-43,46-47,94-95H2,1-3H3,(H2,96,125)(H2,97,126)(H2,98,129)(H,107,131)(H,108,123)(H,109,136)(H,110,132)(H,111,138)(H,112,141)(H,113,139)(H,114,130)(H,115,133)(H,116,142)(H,117,137)(H,118,143)(H,119,134)(H,120,140)(H,121,135)(H,127,128)(H4,99,100,103)(H4,101,102,104)/t48-,49+,60-,61-,62-,63-,64-,65-,66-,67-,68-,69-,70-,71-,72-,76-/m0/s1. The van der Waals surface area contributed by atoms with Crippen LogP contribution in [-0.4, -0.2) is 284 Å². The molecule has 6 aromatic rings. The quantitative estimate of drug-likeness (QED) is 0.00731. The van der Waals surface area contributed by atoms with Crippen LogP contribution < -0.4 is 131 Å². The van der Waals surface area contributed by atoms with Crippen LogP contribution in [0, 0.1) is 10.8 Å². The number of benzene rings is 4. The second-order valence-electron chi connectivity index (χ2n) is 34.5. The number of aromatic nitrogens is 2. The zero-order chi connectivity index (χ0) is 107. The number of primary amides is 3. The van der Waals surface area contributed by atoms with E-state index in [2.05, 4.69) is 126 Å². The zero-order valence-electron chi connectivity index (χ0n) is 80.4. The molecule has 0 saturated heterocycles. The molecular weight excluding hydrogens is 1930 g/mol. The van der Waals surface area contributed by atoms with Gasteiger partial charge in [0.2, 0.25) is 106 Å². The number of guanidine groups is 2. The Morgan fingerprint density at radius 3 is 1.10 bits per heavy atom. The molecule has 50 nitrogen and oxygen atoms in total. The van der Waals surface area contributed by atoms with E-state index >= 15 is 24.0 Å². The molecule has 0 aliphatic carbocycles. The van der Waals surface area contributed by atoms with Gasteiger partial charge in [-0.1, -0.05) is 78.9 Å². The maximum Gasteiger partial charge on any atom is 0.303 e. The van der Waals surface area contributed by atoms with E-state index in [9.17, 15) is 82.4 Å². The number of aliphatic carboxylic acids is 1. The van der Waals surface area contributed by atoms with Crippen molar-refractivity contribution in [2.75, 3.05) is 37.7 Å². The van der Waals surface area contributed by atoms with Gasteiger partial charge in [0.25, 0.3) is 0 Å². The molecule has 0 fully saturated rings. The van der Waals surface area contributed by atoms with Crippen LogP contribution in [0.4, 0.5) is 0 Å². The van der Waals surface area contributed by atoms with Crippen molar-refractivity contribution < 1.29 is 106 Å². The van der Waals surface area contributed by atoms with Gasteiger partial charge in [0, 0.05) is 104 Å². The number of carboxylic acid groups (broad SMARTS) is 1. The molecule has 6 rings (SSSR count). The Bertz CT molecular complexity index is 5480. The van der Waals surface area contributed by atoms with E-state index in [1.54, 1.807) is 85.1 Å². The summed E-state index contributed by atoms with van der Waals surface area (Å²) in [6.07, 6.45) is -2.30. The third-order valence-corrected chi connectivity index (χ3v) is 23.7. The van der Waals surface area contributed by atoms with Crippen LogP contribution in [0.15, 0.2) is 116 Å². The summed E-state index contributed by atoms with van der Waals surface area (Å²) in [7, 11) is 0. The number of phenolic OH excluding ortho intramolecular Hbond substituents is 1. The van der Waals surface area contributed by atoms with E-state index in [0.717, 1.165) is 6.92 Å². The highest BCUT2D eigenvalue weighted by molar-refractivity contribution is 7.80. The fourth-order valence-electron chi connectivity index (χ4n) is 15.2. The summed E-state index contributed by atoms with van der Waals surface area (Å²) in [4.78, 5) is 272. The predicted molar refractivity (Wildman–Crippen MR) is 538 cm³/mol. The highest BCUT2D eigenvalue weighted by atomic mass is 32.1. The van der Waals surface area contributed by atoms with Crippen molar-refractivity contribution in [1.29, 1.82) is 10.8 Å². The van der Waals surface area contributed by atoms with Gasteiger partial charge in [-0.2, -0.15) is 25.3 Å². The maximum atomic E-state index is 15.5. The average Bonchev–Trinajstić information content (AvgIpc) is 1.68. The summed E-state index contributed by atoms with van der Waals surface area (Å²) in [6, 6.07) is 2.70. The summed E-state index contributed by atoms with van der Waals surface area (Å²) in [6.45, 7) is 3.83. The molecule has 790 valence electrons. The summed E-state index contributed by atoms with van der Waals surface area (Å²) in [5.74, 6) is -22.2. The Labute approximate surface area is 845 Å². The lowest BCUT2D eigenvalue weighted by molar-refractivity contribution is -0.138. The molecule has 52 heteroatoms. The van der Waals surface area contributed by atoms with E-state index in [0.29, 0.717) is 69.9 Å². The number of amides is 18. The number of phenols is 1. The minimum absolute atomic E-state index is 0.00688. The number of unbranched alkanes of at least 4 members (excludes halogenated alkanes) is 2. The smallest absolute Gasteiger partial charge is 0.303 e. The summed E-state index contributed by atoms with van der Waals surface area (Å²) < 4.78 is 0. The second-order valence-corrected chi connectivity index (χ2v) is 35.3. The number of nitrogens with one attached hydrogen (secondary N) is 21. The Hall–Kier alpha value is -15.2. The maximum absolute atomic E-state index is 15.5. The monoisotopic (exact) mass is 2060 g/mol. The number of carboxylic acids is 1. The Morgan fingerprint density at radius 1 is 0.359 bits per heavy atom. The van der Waals surface area contributed by atoms with Crippen LogP contribution in [0.25, 0.3) is 21.8 Å². The highest BCUT2D eigenvalue weighted by Gasteiger charge is 2.41. The molecule has 4 aromatic carbocycles. The van der Waals surface area contributed by atoms with E-state index in [-0.39, 0.29) is 83.2 Å². The average molecular weight is 2060 g/mol. The predicted octanol–water partition coefficient (Wildman–Crippen LogP) is -6.55. The molecule has 2 aromatic heterocycles. The van der Waals surface area contributed by atoms with Crippen LogP contribution in [0.1, 0.15) is 139 Å². The molecule has 0 saturated carbocycles. The van der Waals surface area contributed by atoms with Crippen LogP contribution in [0.5, 0.6) is 5.75 Å². The SMILES string of the molecule is CC(=O)N[C@@H](CCCCN)C(=O)N[C@@H](C)C(=O)N[C@@H](CC(N)=O)C(=O)N[C@@H](CS)C(=O)N[C@@H](CCCNC(=N)N)C(=O)N[C@H](C(=O)N[C@@H](Cc1c[nH]c2ccccc12)C(=O)N[C@@H](CCC(N)=O)C(=O)N[C@@H](CS)C(=O)N[C@@H](Cc1ccc(O)cc1)C(=O)N[C@@H](Cc1c[nH]c2ccccc12)C(=O)N[C@@H](CCCNC(=N)N)C(=O)N[C@@H](CCCCN)C(=O)N[C@@H](Cc1ccccc1)C(=O)N[C@@H](CCC(=O)O)C(N)=O)[C@@H](C)O. The lowest BCUT2D eigenvalue weighted by atomic mass is 10.0. The normalized spacial score (nSPS) is 14.4. The van der Waals surface area contributed by atoms with E-state index in [1.807, 2.05) is 0 Å². The molecule has 18 amide bonds. The summed E-state index contributed by atoms with van der Waals surface area (Å²) >= 11 is 8.65. The number of para-hydroxylation sites is 2. The Morgan fingerprint density at radius 2 is 0.697 bits per heavy atom. The van der Waals surface area contributed by atoms with Crippen molar-refractivity contribution >= 4 is 171 Å². The van der Waals surface area contributed by atoms with Gasteiger partial charge in [0.15, 0.2) is 11.9 Å². The van der Waals surface area contributed by atoms with Crippen molar-refractivity contribution in [3.8, 4) is 5.75 Å². The van der Waals surface area contributed by atoms with Gasteiger partial charge in [-0.25, -0.2) is 0 Å². The van der Waals surface area contributed by atoms with Gasteiger partial charge in [0.05, 0.1) is 12.5 Å². The first-order valence-electron chi connectivity index (χ1n) is 46.9. The molecule has 0 spiro atoms. The number of aromatic amines is 2. The van der Waals surface area contributed by atoms with Gasteiger partial charge in [-0.05, 0) is 151 Å². The molecule has 145 heavy (non-hydrogen) atoms. The van der Waals surface area contributed by atoms with Gasteiger partial charge in [0.1, 0.15) is 96.4 Å². The number of rotatable bonds is 65. The van der Waals surface area contributed by atoms with Crippen LogP contribution >= 0.6 is 25.3 Å². The molecule has 2 heterocycles. The molecule has 0 unspecified atom stereocenters. The highest BCUT2D eigenvalue weighted by Crippen LogP contribution is 2.24. The van der Waals surface area contributed by atoms with Crippen molar-refractivity contribution in [2.45, 2.75) is 239 Å². The lowest BCUT2D eigenvalue weighted by Crippen LogP contribution is -2.62. The molecule has 0 bridgehead atoms.